The number of hydrogen-bond donors (Lipinski definition) is 4. The number of rotatable bonds is 16. The van der Waals surface area contributed by atoms with Gasteiger partial charge in [-0.2, -0.15) is 0 Å². The van der Waals surface area contributed by atoms with Gasteiger partial charge in [-0.25, -0.2) is 9.59 Å². The number of esters is 1. The minimum atomic E-state index is -1.15. The molecule has 0 saturated carbocycles. The first-order valence-electron chi connectivity index (χ1n) is 16.4. The number of carbonyl (C=O) groups excluding carboxylic acids is 6. The normalized spacial score (nSPS) is 17.2. The third-order valence-corrected chi connectivity index (χ3v) is 7.83. The predicted octanol–water partition coefficient (Wildman–Crippen LogP) is 2.94. The van der Waals surface area contributed by atoms with Crippen LogP contribution in [0.4, 0.5) is 4.79 Å². The molecule has 5 atom stereocenters. The molecule has 0 radical (unpaired) electrons. The van der Waals surface area contributed by atoms with E-state index in [4.69, 9.17) is 15.2 Å². The van der Waals surface area contributed by atoms with Crippen LogP contribution in [0.5, 0.6) is 0 Å². The van der Waals surface area contributed by atoms with Crippen LogP contribution in [0.3, 0.4) is 0 Å². The highest BCUT2D eigenvalue weighted by atomic mass is 16.6. The van der Waals surface area contributed by atoms with Crippen LogP contribution in [-0.4, -0.2) is 76.9 Å². The van der Waals surface area contributed by atoms with Crippen LogP contribution < -0.4 is 21.7 Å². The van der Waals surface area contributed by atoms with Gasteiger partial charge in [-0.3, -0.25) is 19.2 Å². The maximum atomic E-state index is 14.0. The molecule has 1 heterocycles. The van der Waals surface area contributed by atoms with Crippen molar-refractivity contribution in [2.75, 3.05) is 6.54 Å². The van der Waals surface area contributed by atoms with Crippen molar-refractivity contribution in [3.05, 3.63) is 35.9 Å². The molecular formula is C34H53N5O8. The first-order valence-corrected chi connectivity index (χ1v) is 16.4. The van der Waals surface area contributed by atoms with E-state index < -0.39 is 65.5 Å². The fraction of sp³-hybridized carbons (Fsp3) is 0.647. The minimum absolute atomic E-state index is 0.0116. The van der Waals surface area contributed by atoms with Crippen LogP contribution in [0.2, 0.25) is 0 Å². The SMILES string of the molecule is CCC(C)C(NC(=O)OC(C)(C)C)C(=O)NC(CC(C)C)C(=O)N1CCCC1C(=O)NC(CCC(N)=O)C(=O)OCc1ccccc1. The van der Waals surface area contributed by atoms with Gasteiger partial charge in [0, 0.05) is 13.0 Å². The lowest BCUT2D eigenvalue weighted by molar-refractivity contribution is -0.150. The summed E-state index contributed by atoms with van der Waals surface area (Å²) < 4.78 is 10.8. The monoisotopic (exact) mass is 659 g/mol. The van der Waals surface area contributed by atoms with Crippen LogP contribution in [0.15, 0.2) is 30.3 Å². The number of alkyl carbamates (subject to hydrolysis) is 1. The molecule has 47 heavy (non-hydrogen) atoms. The Bertz CT molecular complexity index is 1230. The molecule has 0 aliphatic carbocycles. The molecule has 13 nitrogen and oxygen atoms in total. The van der Waals surface area contributed by atoms with Gasteiger partial charge in [0.15, 0.2) is 0 Å². The summed E-state index contributed by atoms with van der Waals surface area (Å²) in [5, 5.41) is 8.16. The van der Waals surface area contributed by atoms with E-state index in [0.717, 1.165) is 5.56 Å². The second-order valence-electron chi connectivity index (χ2n) is 13.5. The van der Waals surface area contributed by atoms with Crippen LogP contribution in [0, 0.1) is 11.8 Å². The third-order valence-electron chi connectivity index (χ3n) is 7.83. The molecule has 1 aromatic rings. The van der Waals surface area contributed by atoms with Gasteiger partial charge in [0.05, 0.1) is 0 Å². The van der Waals surface area contributed by atoms with Gasteiger partial charge in [-0.15, -0.1) is 0 Å². The van der Waals surface area contributed by atoms with Gasteiger partial charge in [0.1, 0.15) is 36.4 Å². The molecule has 5 amide bonds. The van der Waals surface area contributed by atoms with E-state index in [-0.39, 0.29) is 37.8 Å². The van der Waals surface area contributed by atoms with Gasteiger partial charge in [-0.05, 0) is 63.9 Å². The lowest BCUT2D eigenvalue weighted by atomic mass is 9.96. The van der Waals surface area contributed by atoms with Crippen molar-refractivity contribution in [2.24, 2.45) is 17.6 Å². The standard InChI is InChI=1S/C34H53N5O8/c1-8-22(4)28(38-33(45)47-34(5,6)7)30(42)37-25(19-21(2)3)31(43)39-18-12-15-26(39)29(41)36-24(16-17-27(35)40)32(44)46-20-23-13-10-9-11-14-23/h9-11,13-14,21-22,24-26,28H,8,12,15-20H2,1-7H3,(H2,35,40)(H,36,41)(H,37,42)(H,38,45). The van der Waals surface area contributed by atoms with Crippen LogP contribution in [-0.2, 0) is 40.1 Å². The van der Waals surface area contributed by atoms with Crippen molar-refractivity contribution in [1.82, 2.24) is 20.9 Å². The number of likely N-dealkylation sites (tertiary alicyclic amines) is 1. The Labute approximate surface area is 278 Å². The molecule has 13 heteroatoms. The Morgan fingerprint density at radius 2 is 1.64 bits per heavy atom. The topological polar surface area (TPSA) is 186 Å². The van der Waals surface area contributed by atoms with Gasteiger partial charge >= 0.3 is 12.1 Å². The summed E-state index contributed by atoms with van der Waals surface area (Å²) in [6.07, 6.45) is 0.787. The molecule has 262 valence electrons. The largest absolute Gasteiger partial charge is 0.459 e. The molecule has 1 fully saturated rings. The van der Waals surface area contributed by atoms with E-state index in [9.17, 15) is 28.8 Å². The van der Waals surface area contributed by atoms with Crippen LogP contribution in [0.1, 0.15) is 92.6 Å². The third kappa shape index (κ3) is 13.2. The number of nitrogens with zero attached hydrogens (tertiary/aromatic N) is 1. The molecule has 1 aliphatic rings. The second-order valence-corrected chi connectivity index (χ2v) is 13.5. The Kier molecular flexibility index (Phi) is 15.2. The molecule has 1 aromatic carbocycles. The van der Waals surface area contributed by atoms with E-state index >= 15 is 0 Å². The summed E-state index contributed by atoms with van der Waals surface area (Å²) in [5.41, 5.74) is 5.30. The molecule has 5 N–H and O–H groups in total. The highest BCUT2D eigenvalue weighted by molar-refractivity contribution is 5.95. The van der Waals surface area contributed by atoms with E-state index in [2.05, 4.69) is 16.0 Å². The summed E-state index contributed by atoms with van der Waals surface area (Å²) in [6, 6.07) is 5.03. The lowest BCUT2D eigenvalue weighted by Crippen LogP contribution is -2.58. The zero-order chi connectivity index (χ0) is 35.3. The first-order chi connectivity index (χ1) is 22.0. The van der Waals surface area contributed by atoms with Crippen molar-refractivity contribution in [1.29, 1.82) is 0 Å². The Hall–Kier alpha value is -4.16. The highest BCUT2D eigenvalue weighted by Crippen LogP contribution is 2.22. The summed E-state index contributed by atoms with van der Waals surface area (Å²) in [5.74, 6) is -3.15. The molecule has 2 rings (SSSR count). The molecule has 0 aromatic heterocycles. The van der Waals surface area contributed by atoms with Crippen molar-refractivity contribution >= 4 is 35.7 Å². The number of nitrogens with two attached hydrogens (primary N) is 1. The zero-order valence-corrected chi connectivity index (χ0v) is 28.8. The number of hydrogen-bond acceptors (Lipinski definition) is 8. The number of nitrogens with one attached hydrogen (secondary N) is 3. The Morgan fingerprint density at radius 1 is 0.979 bits per heavy atom. The number of ether oxygens (including phenoxy) is 2. The van der Waals surface area contributed by atoms with Crippen LogP contribution in [0.25, 0.3) is 0 Å². The number of benzene rings is 1. The van der Waals surface area contributed by atoms with Gasteiger partial charge in [0.25, 0.3) is 0 Å². The maximum absolute atomic E-state index is 14.0. The molecule has 0 spiro atoms. The van der Waals surface area contributed by atoms with Gasteiger partial charge in [0.2, 0.25) is 23.6 Å². The Balaban J connectivity index is 2.20. The highest BCUT2D eigenvalue weighted by Gasteiger charge is 2.40. The van der Waals surface area contributed by atoms with Gasteiger partial charge < -0.3 is 36.1 Å². The first kappa shape index (κ1) is 39.0. The number of primary amides is 1. The number of amides is 5. The lowest BCUT2D eigenvalue weighted by Gasteiger charge is -2.32. The van der Waals surface area contributed by atoms with Crippen molar-refractivity contribution < 1.29 is 38.2 Å². The Morgan fingerprint density at radius 3 is 2.21 bits per heavy atom. The summed E-state index contributed by atoms with van der Waals surface area (Å²) in [7, 11) is 0. The molecule has 1 aliphatic heterocycles. The summed E-state index contributed by atoms with van der Waals surface area (Å²) in [4.78, 5) is 79.6. The summed E-state index contributed by atoms with van der Waals surface area (Å²) in [6.45, 7) is 13.0. The molecule has 1 saturated heterocycles. The van der Waals surface area contributed by atoms with Crippen molar-refractivity contribution in [3.63, 3.8) is 0 Å². The van der Waals surface area contributed by atoms with Gasteiger partial charge in [-0.1, -0.05) is 64.4 Å². The van der Waals surface area contributed by atoms with E-state index in [1.165, 1.54) is 4.90 Å². The van der Waals surface area contributed by atoms with Crippen molar-refractivity contribution in [3.8, 4) is 0 Å². The average molecular weight is 660 g/mol. The minimum Gasteiger partial charge on any atom is -0.459 e. The maximum Gasteiger partial charge on any atom is 0.408 e. The smallest absolute Gasteiger partial charge is 0.408 e. The average Bonchev–Trinajstić information content (AvgIpc) is 3.49. The molecule has 5 unspecified atom stereocenters. The zero-order valence-electron chi connectivity index (χ0n) is 28.8. The fourth-order valence-electron chi connectivity index (χ4n) is 5.23. The quantitative estimate of drug-likeness (QED) is 0.195. The van der Waals surface area contributed by atoms with Crippen molar-refractivity contribution in [2.45, 2.75) is 123 Å². The van der Waals surface area contributed by atoms with Crippen LogP contribution >= 0.6 is 0 Å². The van der Waals surface area contributed by atoms with E-state index in [0.29, 0.717) is 25.7 Å². The second kappa shape index (κ2) is 18.2. The number of carbonyl (C=O) groups is 6. The van der Waals surface area contributed by atoms with E-state index in [1.54, 1.807) is 45.0 Å². The van der Waals surface area contributed by atoms with E-state index in [1.807, 2.05) is 33.8 Å². The molecule has 0 bridgehead atoms. The fourth-order valence-corrected chi connectivity index (χ4v) is 5.23. The molecular weight excluding hydrogens is 606 g/mol. The summed E-state index contributed by atoms with van der Waals surface area (Å²) >= 11 is 0. The predicted molar refractivity (Wildman–Crippen MR) is 175 cm³/mol.